The maximum absolute atomic E-state index is 4.58. The van der Waals surface area contributed by atoms with Crippen LogP contribution >= 0.6 is 0 Å². The van der Waals surface area contributed by atoms with Crippen molar-refractivity contribution >= 4 is 5.82 Å². The number of aromatic nitrogens is 4. The third-order valence-electron chi connectivity index (χ3n) is 4.91. The van der Waals surface area contributed by atoms with E-state index in [0.717, 1.165) is 36.8 Å². The Morgan fingerprint density at radius 1 is 1.08 bits per heavy atom. The zero-order valence-corrected chi connectivity index (χ0v) is 14.2. The molecular formula is C18H24N6. The molecule has 4 rings (SSSR count). The van der Waals surface area contributed by atoms with E-state index in [0.29, 0.717) is 12.1 Å². The molecule has 0 spiro atoms. The van der Waals surface area contributed by atoms with Crippen molar-refractivity contribution in [1.29, 1.82) is 0 Å². The standard InChI is InChI=1S/C18H24N6/c1-14-10-20-11-15(22-14)12-23-8-5-17(6-9-23)24(16-2-3-16)18-4-7-19-13-21-18/h4,7,10-11,13,16-17H,2-3,5-6,8-9,12H2,1H3. The Balaban J connectivity index is 1.38. The molecule has 2 aromatic heterocycles. The van der Waals surface area contributed by atoms with Crippen LogP contribution < -0.4 is 4.90 Å². The summed E-state index contributed by atoms with van der Waals surface area (Å²) in [5.74, 6) is 1.09. The van der Waals surface area contributed by atoms with Crippen LogP contribution in [0.15, 0.2) is 31.0 Å². The molecule has 2 fully saturated rings. The van der Waals surface area contributed by atoms with Gasteiger partial charge in [-0.15, -0.1) is 0 Å². The molecule has 1 saturated carbocycles. The molecule has 24 heavy (non-hydrogen) atoms. The lowest BCUT2D eigenvalue weighted by atomic mass is 10.0. The molecule has 6 nitrogen and oxygen atoms in total. The molecule has 0 amide bonds. The highest BCUT2D eigenvalue weighted by Crippen LogP contribution is 2.35. The second-order valence-corrected chi connectivity index (χ2v) is 6.87. The molecule has 0 radical (unpaired) electrons. The average Bonchev–Trinajstić information content (AvgIpc) is 3.43. The number of aryl methyl sites for hydroxylation is 1. The third kappa shape index (κ3) is 3.53. The monoisotopic (exact) mass is 324 g/mol. The second-order valence-electron chi connectivity index (χ2n) is 6.87. The van der Waals surface area contributed by atoms with Crippen LogP contribution in [0.25, 0.3) is 0 Å². The van der Waals surface area contributed by atoms with E-state index in [2.05, 4.69) is 29.7 Å². The van der Waals surface area contributed by atoms with Gasteiger partial charge in [-0.3, -0.25) is 14.9 Å². The Morgan fingerprint density at radius 3 is 2.54 bits per heavy atom. The number of hydrogen-bond donors (Lipinski definition) is 0. The minimum absolute atomic E-state index is 0.590. The number of rotatable bonds is 5. The smallest absolute Gasteiger partial charge is 0.132 e. The normalized spacial score (nSPS) is 19.4. The molecular weight excluding hydrogens is 300 g/mol. The molecule has 126 valence electrons. The fourth-order valence-electron chi connectivity index (χ4n) is 3.64. The van der Waals surface area contributed by atoms with Gasteiger partial charge in [-0.1, -0.05) is 0 Å². The lowest BCUT2D eigenvalue weighted by Gasteiger charge is -2.39. The first-order valence-corrected chi connectivity index (χ1v) is 8.84. The van der Waals surface area contributed by atoms with Crippen LogP contribution in [0.4, 0.5) is 5.82 Å². The third-order valence-corrected chi connectivity index (χ3v) is 4.91. The summed E-state index contributed by atoms with van der Waals surface area (Å²) >= 11 is 0. The largest absolute Gasteiger partial charge is 0.350 e. The Labute approximate surface area is 143 Å². The van der Waals surface area contributed by atoms with Crippen LogP contribution in [-0.4, -0.2) is 50.0 Å². The summed E-state index contributed by atoms with van der Waals surface area (Å²) < 4.78 is 0. The van der Waals surface area contributed by atoms with Gasteiger partial charge in [0.1, 0.15) is 12.1 Å². The van der Waals surface area contributed by atoms with Gasteiger partial charge in [-0.2, -0.15) is 0 Å². The summed E-state index contributed by atoms with van der Waals surface area (Å²) in [7, 11) is 0. The van der Waals surface area contributed by atoms with Gasteiger partial charge in [-0.05, 0) is 38.7 Å². The predicted octanol–water partition coefficient (Wildman–Crippen LogP) is 2.21. The number of hydrogen-bond acceptors (Lipinski definition) is 6. The van der Waals surface area contributed by atoms with Crippen LogP contribution in [0.5, 0.6) is 0 Å². The Hall–Kier alpha value is -2.08. The fraction of sp³-hybridized carbons (Fsp3) is 0.556. The first-order valence-electron chi connectivity index (χ1n) is 8.84. The van der Waals surface area contributed by atoms with Crippen molar-refractivity contribution in [2.75, 3.05) is 18.0 Å². The van der Waals surface area contributed by atoms with Gasteiger partial charge in [0, 0.05) is 50.3 Å². The lowest BCUT2D eigenvalue weighted by Crippen LogP contribution is -2.46. The van der Waals surface area contributed by atoms with E-state index in [1.165, 1.54) is 25.7 Å². The van der Waals surface area contributed by atoms with Crippen LogP contribution in [0.1, 0.15) is 37.1 Å². The molecule has 0 aromatic carbocycles. The summed E-state index contributed by atoms with van der Waals surface area (Å²) in [4.78, 5) is 22.4. The molecule has 2 aliphatic rings. The van der Waals surface area contributed by atoms with Gasteiger partial charge < -0.3 is 4.90 Å². The zero-order valence-electron chi connectivity index (χ0n) is 14.2. The van der Waals surface area contributed by atoms with Gasteiger partial charge in [0.15, 0.2) is 0 Å². The molecule has 0 N–H and O–H groups in total. The summed E-state index contributed by atoms with van der Waals surface area (Å²) in [6.45, 7) is 5.11. The van der Waals surface area contributed by atoms with Crippen LogP contribution in [-0.2, 0) is 6.54 Å². The van der Waals surface area contributed by atoms with Crippen molar-refractivity contribution in [3.63, 3.8) is 0 Å². The van der Waals surface area contributed by atoms with E-state index < -0.39 is 0 Å². The molecule has 3 heterocycles. The van der Waals surface area contributed by atoms with Gasteiger partial charge >= 0.3 is 0 Å². The highest BCUT2D eigenvalue weighted by molar-refractivity contribution is 5.41. The fourth-order valence-corrected chi connectivity index (χ4v) is 3.64. The highest BCUT2D eigenvalue weighted by Gasteiger charge is 2.36. The first kappa shape index (κ1) is 15.4. The molecule has 2 aromatic rings. The quantitative estimate of drug-likeness (QED) is 0.840. The molecule has 0 atom stereocenters. The van der Waals surface area contributed by atoms with E-state index in [1.54, 1.807) is 6.33 Å². The SMILES string of the molecule is Cc1cncc(CN2CCC(N(c3ccncn3)C3CC3)CC2)n1. The van der Waals surface area contributed by atoms with E-state index in [9.17, 15) is 0 Å². The zero-order chi connectivity index (χ0) is 16.4. The maximum Gasteiger partial charge on any atom is 0.132 e. The molecule has 1 aliphatic heterocycles. The topological polar surface area (TPSA) is 58.0 Å². The molecule has 6 heteroatoms. The van der Waals surface area contributed by atoms with E-state index in [1.807, 2.05) is 31.6 Å². The van der Waals surface area contributed by atoms with Crippen LogP contribution in [0, 0.1) is 6.92 Å². The highest BCUT2D eigenvalue weighted by atomic mass is 15.3. The summed E-state index contributed by atoms with van der Waals surface area (Å²) in [6.07, 6.45) is 12.2. The van der Waals surface area contributed by atoms with Gasteiger partial charge in [0.25, 0.3) is 0 Å². The minimum atomic E-state index is 0.590. The summed E-state index contributed by atoms with van der Waals surface area (Å²) in [6, 6.07) is 3.32. The Kier molecular flexibility index (Phi) is 4.38. The number of piperidine rings is 1. The lowest BCUT2D eigenvalue weighted by molar-refractivity contribution is 0.198. The van der Waals surface area contributed by atoms with Crippen LogP contribution in [0.2, 0.25) is 0 Å². The van der Waals surface area contributed by atoms with Gasteiger partial charge in [0.05, 0.1) is 11.4 Å². The van der Waals surface area contributed by atoms with Crippen molar-refractivity contribution in [2.24, 2.45) is 0 Å². The summed E-state index contributed by atoms with van der Waals surface area (Å²) in [5.41, 5.74) is 2.06. The summed E-state index contributed by atoms with van der Waals surface area (Å²) in [5, 5.41) is 0. The number of likely N-dealkylation sites (tertiary alicyclic amines) is 1. The van der Waals surface area contributed by atoms with Crippen molar-refractivity contribution in [3.8, 4) is 0 Å². The van der Waals surface area contributed by atoms with Crippen LogP contribution in [0.3, 0.4) is 0 Å². The number of nitrogens with zero attached hydrogens (tertiary/aromatic N) is 6. The molecule has 0 unspecified atom stereocenters. The van der Waals surface area contributed by atoms with E-state index in [4.69, 9.17) is 0 Å². The predicted molar refractivity (Wildman–Crippen MR) is 92.6 cm³/mol. The maximum atomic E-state index is 4.58. The number of anilines is 1. The molecule has 1 aliphatic carbocycles. The second kappa shape index (κ2) is 6.81. The molecule has 1 saturated heterocycles. The minimum Gasteiger partial charge on any atom is -0.350 e. The Bertz CT molecular complexity index is 664. The Morgan fingerprint density at radius 2 is 1.88 bits per heavy atom. The first-order chi connectivity index (χ1) is 11.8. The van der Waals surface area contributed by atoms with E-state index in [-0.39, 0.29) is 0 Å². The molecule has 0 bridgehead atoms. The van der Waals surface area contributed by atoms with Gasteiger partial charge in [-0.25, -0.2) is 9.97 Å². The van der Waals surface area contributed by atoms with Crippen molar-refractivity contribution in [1.82, 2.24) is 24.8 Å². The van der Waals surface area contributed by atoms with Gasteiger partial charge in [0.2, 0.25) is 0 Å². The van der Waals surface area contributed by atoms with Crippen molar-refractivity contribution in [3.05, 3.63) is 42.4 Å². The van der Waals surface area contributed by atoms with Crippen molar-refractivity contribution < 1.29 is 0 Å². The van der Waals surface area contributed by atoms with Crippen molar-refractivity contribution in [2.45, 2.75) is 51.2 Å². The van der Waals surface area contributed by atoms with E-state index >= 15 is 0 Å². The average molecular weight is 324 g/mol.